The number of halogens is 2. The summed E-state index contributed by atoms with van der Waals surface area (Å²) < 4.78 is 11.4. The van der Waals surface area contributed by atoms with E-state index in [-0.39, 0.29) is 12.0 Å². The molecule has 0 spiro atoms. The number of benzene rings is 2. The lowest BCUT2D eigenvalue weighted by atomic mass is 10.1. The Morgan fingerprint density at radius 2 is 2.00 bits per heavy atom. The van der Waals surface area contributed by atoms with Crippen molar-refractivity contribution in [3.63, 3.8) is 0 Å². The van der Waals surface area contributed by atoms with Crippen molar-refractivity contribution in [1.82, 2.24) is 4.90 Å². The first-order valence-corrected chi connectivity index (χ1v) is 9.41. The van der Waals surface area contributed by atoms with Gasteiger partial charge in [-0.3, -0.25) is 4.79 Å². The molecule has 1 saturated heterocycles. The van der Waals surface area contributed by atoms with E-state index in [0.29, 0.717) is 54.9 Å². The number of carbonyl (C=O) groups excluding carboxylic acids is 1. The number of morpholine rings is 1. The van der Waals surface area contributed by atoms with Gasteiger partial charge in [-0.1, -0.05) is 53.5 Å². The number of hydrogen-bond acceptors (Lipinski definition) is 3. The largest absolute Gasteiger partial charge is 0.492 e. The van der Waals surface area contributed by atoms with Crippen molar-refractivity contribution in [2.24, 2.45) is 0 Å². The number of nitrogens with zero attached hydrogens (tertiary/aromatic N) is 1. The minimum absolute atomic E-state index is 0.0574. The highest BCUT2D eigenvalue weighted by Crippen LogP contribution is 2.27. The number of hydrogen-bond donors (Lipinski definition) is 0. The Hall–Kier alpha value is -1.75. The predicted molar refractivity (Wildman–Crippen MR) is 103 cm³/mol. The fraction of sp³-hybridized carbons (Fsp3) is 0.350. The van der Waals surface area contributed by atoms with Crippen LogP contribution in [0.1, 0.15) is 24.5 Å². The number of carbonyl (C=O) groups is 1. The molecule has 1 amide bonds. The predicted octanol–water partition coefficient (Wildman–Crippen LogP) is 4.75. The summed E-state index contributed by atoms with van der Waals surface area (Å²) in [7, 11) is 0. The van der Waals surface area contributed by atoms with Crippen LogP contribution in [-0.2, 0) is 9.53 Å². The van der Waals surface area contributed by atoms with E-state index in [0.717, 1.165) is 5.56 Å². The molecule has 0 N–H and O–H groups in total. The molecule has 0 saturated carbocycles. The highest BCUT2D eigenvalue weighted by molar-refractivity contribution is 6.35. The van der Waals surface area contributed by atoms with Crippen molar-refractivity contribution < 1.29 is 14.3 Å². The maximum absolute atomic E-state index is 12.5. The smallest absolute Gasteiger partial charge is 0.222 e. The van der Waals surface area contributed by atoms with Crippen molar-refractivity contribution in [1.29, 1.82) is 0 Å². The number of amides is 1. The minimum Gasteiger partial charge on any atom is -0.492 e. The van der Waals surface area contributed by atoms with Gasteiger partial charge in [-0.05, 0) is 30.2 Å². The summed E-state index contributed by atoms with van der Waals surface area (Å²) in [6.45, 7) is 2.21. The lowest BCUT2D eigenvalue weighted by molar-refractivity contribution is -0.139. The van der Waals surface area contributed by atoms with E-state index >= 15 is 0 Å². The molecule has 1 fully saturated rings. The molecule has 0 aromatic heterocycles. The molecule has 1 atom stereocenters. The van der Waals surface area contributed by atoms with Gasteiger partial charge < -0.3 is 14.4 Å². The highest BCUT2D eigenvalue weighted by atomic mass is 35.5. The number of ether oxygens (including phenoxy) is 2. The van der Waals surface area contributed by atoms with Crippen LogP contribution in [-0.4, -0.2) is 37.1 Å². The number of rotatable bonds is 6. The van der Waals surface area contributed by atoms with Crippen LogP contribution in [0, 0.1) is 0 Å². The second-order valence-corrected chi connectivity index (χ2v) is 6.98. The third-order valence-corrected chi connectivity index (χ3v) is 4.81. The van der Waals surface area contributed by atoms with E-state index in [2.05, 4.69) is 0 Å². The van der Waals surface area contributed by atoms with Crippen molar-refractivity contribution in [3.8, 4) is 5.75 Å². The first kappa shape index (κ1) is 19.0. The van der Waals surface area contributed by atoms with Crippen LogP contribution in [0.3, 0.4) is 0 Å². The van der Waals surface area contributed by atoms with E-state index in [4.69, 9.17) is 32.7 Å². The molecule has 1 heterocycles. The zero-order valence-electron chi connectivity index (χ0n) is 14.4. The van der Waals surface area contributed by atoms with Gasteiger partial charge in [0, 0.05) is 18.0 Å². The third kappa shape index (κ3) is 5.13. The molecule has 3 rings (SSSR count). The van der Waals surface area contributed by atoms with E-state index in [1.807, 2.05) is 35.2 Å². The highest BCUT2D eigenvalue weighted by Gasteiger charge is 2.24. The first-order valence-electron chi connectivity index (χ1n) is 8.65. The molecule has 1 aliphatic rings. The van der Waals surface area contributed by atoms with Gasteiger partial charge in [0.15, 0.2) is 0 Å². The summed E-state index contributed by atoms with van der Waals surface area (Å²) in [5.41, 5.74) is 1.10. The summed E-state index contributed by atoms with van der Waals surface area (Å²) in [6.07, 6.45) is 1.01. The van der Waals surface area contributed by atoms with Crippen molar-refractivity contribution in [3.05, 3.63) is 64.1 Å². The Morgan fingerprint density at radius 3 is 2.77 bits per heavy atom. The second-order valence-electron chi connectivity index (χ2n) is 6.14. The second kappa shape index (κ2) is 9.26. The van der Waals surface area contributed by atoms with Crippen molar-refractivity contribution in [2.45, 2.75) is 18.9 Å². The lowest BCUT2D eigenvalue weighted by Gasteiger charge is -2.33. The van der Waals surface area contributed by atoms with Gasteiger partial charge in [0.2, 0.25) is 5.91 Å². The van der Waals surface area contributed by atoms with Gasteiger partial charge in [-0.15, -0.1) is 0 Å². The zero-order valence-corrected chi connectivity index (χ0v) is 15.9. The maximum atomic E-state index is 12.5. The molecule has 138 valence electrons. The van der Waals surface area contributed by atoms with Crippen molar-refractivity contribution in [2.75, 3.05) is 26.3 Å². The van der Waals surface area contributed by atoms with Crippen LogP contribution >= 0.6 is 23.2 Å². The van der Waals surface area contributed by atoms with E-state index in [1.54, 1.807) is 18.2 Å². The quantitative estimate of drug-likeness (QED) is 0.664. The van der Waals surface area contributed by atoms with Gasteiger partial charge in [-0.2, -0.15) is 0 Å². The average molecular weight is 394 g/mol. The molecule has 2 aromatic carbocycles. The van der Waals surface area contributed by atoms with Gasteiger partial charge in [0.05, 0.1) is 24.8 Å². The summed E-state index contributed by atoms with van der Waals surface area (Å²) in [4.78, 5) is 14.3. The van der Waals surface area contributed by atoms with Crippen LogP contribution in [0.2, 0.25) is 10.0 Å². The van der Waals surface area contributed by atoms with E-state index in [9.17, 15) is 4.79 Å². The Balaban J connectivity index is 1.44. The molecule has 0 radical (unpaired) electrons. The van der Waals surface area contributed by atoms with Gasteiger partial charge >= 0.3 is 0 Å². The summed E-state index contributed by atoms with van der Waals surface area (Å²) in [6, 6.07) is 15.1. The fourth-order valence-electron chi connectivity index (χ4n) is 2.90. The minimum atomic E-state index is -0.0574. The first-order chi connectivity index (χ1) is 12.6. The van der Waals surface area contributed by atoms with Crippen LogP contribution < -0.4 is 4.74 Å². The monoisotopic (exact) mass is 393 g/mol. The van der Waals surface area contributed by atoms with E-state index < -0.39 is 0 Å². The van der Waals surface area contributed by atoms with E-state index in [1.165, 1.54) is 0 Å². The molecule has 0 aliphatic carbocycles. The summed E-state index contributed by atoms with van der Waals surface area (Å²) >= 11 is 11.9. The summed E-state index contributed by atoms with van der Waals surface area (Å²) in [5, 5.41) is 1.04. The Kier molecular flexibility index (Phi) is 6.78. The SMILES string of the molecule is O=C(CCCOc1ccc(Cl)cc1Cl)N1CCOC(c2ccccc2)C1. The Morgan fingerprint density at radius 1 is 1.19 bits per heavy atom. The molecule has 26 heavy (non-hydrogen) atoms. The van der Waals surface area contributed by atoms with Gasteiger partial charge in [-0.25, -0.2) is 0 Å². The normalized spacial score (nSPS) is 17.2. The molecule has 1 aliphatic heterocycles. The topological polar surface area (TPSA) is 38.8 Å². The van der Waals surface area contributed by atoms with Crippen LogP contribution in [0.4, 0.5) is 0 Å². The fourth-order valence-corrected chi connectivity index (χ4v) is 3.36. The van der Waals surface area contributed by atoms with Crippen LogP contribution in [0.5, 0.6) is 5.75 Å². The molecule has 2 aromatic rings. The van der Waals surface area contributed by atoms with Crippen LogP contribution in [0.15, 0.2) is 48.5 Å². The maximum Gasteiger partial charge on any atom is 0.222 e. The van der Waals surface area contributed by atoms with Gasteiger partial charge in [0.25, 0.3) is 0 Å². The zero-order chi connectivity index (χ0) is 18.4. The van der Waals surface area contributed by atoms with Crippen molar-refractivity contribution >= 4 is 29.1 Å². The van der Waals surface area contributed by atoms with Crippen LogP contribution in [0.25, 0.3) is 0 Å². The lowest BCUT2D eigenvalue weighted by Crippen LogP contribution is -2.42. The third-order valence-electron chi connectivity index (χ3n) is 4.28. The average Bonchev–Trinajstić information content (AvgIpc) is 2.67. The molecule has 0 bridgehead atoms. The molecular formula is C20H21Cl2NO3. The Bertz CT molecular complexity index is 739. The summed E-state index contributed by atoms with van der Waals surface area (Å²) in [5.74, 6) is 0.707. The molecule has 4 nitrogen and oxygen atoms in total. The standard InChI is InChI=1S/C20H21Cl2NO3/c21-16-8-9-18(17(22)13-16)25-11-4-7-20(24)23-10-12-26-19(14-23)15-5-2-1-3-6-15/h1-3,5-6,8-9,13,19H,4,7,10-12,14H2. The molecule has 6 heteroatoms. The van der Waals surface area contributed by atoms with Gasteiger partial charge in [0.1, 0.15) is 11.9 Å². The Labute approximate surface area is 163 Å². The molecule has 1 unspecified atom stereocenters. The molecular weight excluding hydrogens is 373 g/mol.